The summed E-state index contributed by atoms with van der Waals surface area (Å²) in [6.45, 7) is 1.64. The second-order valence-electron chi connectivity index (χ2n) is 14.1. The van der Waals surface area contributed by atoms with Gasteiger partial charge in [-0.1, -0.05) is 97.1 Å². The van der Waals surface area contributed by atoms with Crippen molar-refractivity contribution >= 4 is 23.6 Å². The predicted molar refractivity (Wildman–Crippen MR) is 204 cm³/mol. The summed E-state index contributed by atoms with van der Waals surface area (Å²) in [5.74, 6) is -0.0113. The summed E-state index contributed by atoms with van der Waals surface area (Å²) in [5.41, 5.74) is 4.30. The molecule has 12 nitrogen and oxygen atoms in total. The van der Waals surface area contributed by atoms with Gasteiger partial charge in [-0.25, -0.2) is 4.98 Å². The van der Waals surface area contributed by atoms with Crippen LogP contribution in [0.3, 0.4) is 0 Å². The van der Waals surface area contributed by atoms with Crippen molar-refractivity contribution < 1.29 is 33.8 Å². The Morgan fingerprint density at radius 2 is 1.07 bits per heavy atom. The maximum absolute atomic E-state index is 12.8. The minimum atomic E-state index is -1.22. The Labute approximate surface area is 318 Å². The minimum absolute atomic E-state index is 0.143. The Kier molecular flexibility index (Phi) is 11.4. The van der Waals surface area contributed by atoms with Crippen LogP contribution in [-0.4, -0.2) is 86.9 Å². The van der Waals surface area contributed by atoms with E-state index in [0.717, 1.165) is 22.3 Å². The van der Waals surface area contributed by atoms with Crippen molar-refractivity contribution in [3.05, 3.63) is 138 Å². The lowest BCUT2D eigenvalue weighted by atomic mass is 10.1. The molecule has 0 saturated carbocycles. The first-order valence-electron chi connectivity index (χ1n) is 18.5. The molecular formula is C43H43N5O7. The molecule has 2 fully saturated rings. The number of nitrogens with one attached hydrogen (secondary N) is 2. The fourth-order valence-corrected chi connectivity index (χ4v) is 7.08. The SMILES string of the molecule is O=C(Cc1ccc(-c2cnc(-c3ccc(CC(=O)N[C@@H]4CCN(C(=O)[C@@H](O)c5ccccc5)C4)cc3)o2)cc1)N[C@@H]1CCN(C(=O)[C@@H](O)c2ccccc2)C1. The van der Waals surface area contributed by atoms with Crippen LogP contribution in [0, 0.1) is 0 Å². The number of amides is 4. The highest BCUT2D eigenvalue weighted by Gasteiger charge is 2.32. The molecule has 4 aromatic carbocycles. The van der Waals surface area contributed by atoms with E-state index in [4.69, 9.17) is 4.42 Å². The molecule has 0 unspecified atom stereocenters. The second kappa shape index (κ2) is 16.9. The van der Waals surface area contributed by atoms with E-state index >= 15 is 0 Å². The fourth-order valence-electron chi connectivity index (χ4n) is 7.08. The summed E-state index contributed by atoms with van der Waals surface area (Å²) in [6, 6.07) is 32.2. The van der Waals surface area contributed by atoms with Crippen molar-refractivity contribution in [2.45, 2.75) is 50.0 Å². The Balaban J connectivity index is 0.852. The normalized spacial score (nSPS) is 17.8. The molecule has 282 valence electrons. The average molecular weight is 742 g/mol. The van der Waals surface area contributed by atoms with Gasteiger partial charge in [0.15, 0.2) is 18.0 Å². The van der Waals surface area contributed by atoms with Crippen molar-refractivity contribution in [2.75, 3.05) is 26.2 Å². The molecule has 2 saturated heterocycles. The highest BCUT2D eigenvalue weighted by Crippen LogP contribution is 2.27. The van der Waals surface area contributed by atoms with Gasteiger partial charge in [0, 0.05) is 49.4 Å². The van der Waals surface area contributed by atoms with Crippen molar-refractivity contribution in [1.29, 1.82) is 0 Å². The number of likely N-dealkylation sites (tertiary alicyclic amines) is 2. The topological polar surface area (TPSA) is 165 Å². The molecular weight excluding hydrogens is 699 g/mol. The van der Waals surface area contributed by atoms with E-state index in [9.17, 15) is 29.4 Å². The van der Waals surface area contributed by atoms with Gasteiger partial charge < -0.3 is 35.1 Å². The number of aliphatic hydroxyl groups is 2. The van der Waals surface area contributed by atoms with Gasteiger partial charge in [0.25, 0.3) is 11.8 Å². The molecule has 4 amide bonds. The van der Waals surface area contributed by atoms with Gasteiger partial charge in [-0.2, -0.15) is 0 Å². The molecule has 2 aliphatic heterocycles. The van der Waals surface area contributed by atoms with E-state index in [0.29, 0.717) is 61.8 Å². The molecule has 0 bridgehead atoms. The van der Waals surface area contributed by atoms with Gasteiger partial charge in [-0.05, 0) is 47.2 Å². The summed E-state index contributed by atoms with van der Waals surface area (Å²) < 4.78 is 6.05. The summed E-state index contributed by atoms with van der Waals surface area (Å²) >= 11 is 0. The summed E-state index contributed by atoms with van der Waals surface area (Å²) in [6.07, 6.45) is 0.802. The molecule has 4 atom stereocenters. The minimum Gasteiger partial charge on any atom is -0.436 e. The number of rotatable bonds is 12. The van der Waals surface area contributed by atoms with Crippen LogP contribution < -0.4 is 10.6 Å². The first-order chi connectivity index (χ1) is 26.7. The van der Waals surface area contributed by atoms with Gasteiger partial charge in [0.2, 0.25) is 17.7 Å². The third kappa shape index (κ3) is 9.17. The van der Waals surface area contributed by atoms with Gasteiger partial charge >= 0.3 is 0 Å². The third-order valence-corrected chi connectivity index (χ3v) is 10.1. The zero-order valence-electron chi connectivity index (χ0n) is 30.2. The van der Waals surface area contributed by atoms with E-state index in [1.807, 2.05) is 60.7 Å². The lowest BCUT2D eigenvalue weighted by Crippen LogP contribution is -2.40. The van der Waals surface area contributed by atoms with E-state index in [1.165, 1.54) is 0 Å². The fraction of sp³-hybridized carbons (Fsp3) is 0.279. The maximum atomic E-state index is 12.8. The number of hydrogen-bond donors (Lipinski definition) is 4. The molecule has 0 spiro atoms. The van der Waals surface area contributed by atoms with Gasteiger partial charge in [-0.3, -0.25) is 19.2 Å². The Morgan fingerprint density at radius 1 is 0.636 bits per heavy atom. The van der Waals surface area contributed by atoms with E-state index < -0.39 is 12.2 Å². The second-order valence-corrected chi connectivity index (χ2v) is 14.1. The number of aromatic nitrogens is 1. The smallest absolute Gasteiger partial charge is 0.256 e. The van der Waals surface area contributed by atoms with E-state index in [2.05, 4.69) is 15.6 Å². The first kappa shape index (κ1) is 37.2. The van der Waals surface area contributed by atoms with Crippen LogP contribution in [0.2, 0.25) is 0 Å². The van der Waals surface area contributed by atoms with Gasteiger partial charge in [0.1, 0.15) is 0 Å². The molecule has 4 N–H and O–H groups in total. The highest BCUT2D eigenvalue weighted by molar-refractivity contribution is 5.84. The molecule has 0 aliphatic carbocycles. The molecule has 12 heteroatoms. The van der Waals surface area contributed by atoms with Crippen LogP contribution in [0.15, 0.2) is 120 Å². The van der Waals surface area contributed by atoms with Crippen LogP contribution in [0.5, 0.6) is 0 Å². The van der Waals surface area contributed by atoms with E-state index in [1.54, 1.807) is 64.5 Å². The Morgan fingerprint density at radius 3 is 1.53 bits per heavy atom. The third-order valence-electron chi connectivity index (χ3n) is 10.1. The molecule has 2 aliphatic rings. The van der Waals surface area contributed by atoms with Crippen LogP contribution in [0.25, 0.3) is 22.8 Å². The number of aliphatic hydroxyl groups excluding tert-OH is 2. The molecule has 55 heavy (non-hydrogen) atoms. The molecule has 0 radical (unpaired) electrons. The Bertz CT molecular complexity index is 1960. The highest BCUT2D eigenvalue weighted by atomic mass is 16.4. The molecule has 3 heterocycles. The quantitative estimate of drug-likeness (QED) is 0.149. The number of benzene rings is 4. The van der Waals surface area contributed by atoms with Crippen molar-refractivity contribution in [1.82, 2.24) is 25.4 Å². The van der Waals surface area contributed by atoms with Crippen LogP contribution >= 0.6 is 0 Å². The number of oxazole rings is 1. The van der Waals surface area contributed by atoms with Crippen LogP contribution in [0.4, 0.5) is 0 Å². The number of carbonyl (C=O) groups excluding carboxylic acids is 4. The van der Waals surface area contributed by atoms with Crippen molar-refractivity contribution in [2.24, 2.45) is 0 Å². The molecule has 7 rings (SSSR count). The first-order valence-corrected chi connectivity index (χ1v) is 18.5. The lowest BCUT2D eigenvalue weighted by Gasteiger charge is -2.20. The average Bonchev–Trinajstić information content (AvgIpc) is 4.00. The summed E-state index contributed by atoms with van der Waals surface area (Å²) in [7, 11) is 0. The largest absolute Gasteiger partial charge is 0.436 e. The number of hydrogen-bond acceptors (Lipinski definition) is 8. The standard InChI is InChI=1S/C43H43N5O7/c49-37(45-34-19-21-47(26-34)42(53)39(51)31-7-3-1-4-8-31)23-28-11-15-30(16-12-28)36-25-44-41(55-36)33-17-13-29(14-18-33)24-38(50)46-35-20-22-48(27-35)43(54)40(52)32-9-5-2-6-10-32/h1-18,25,34-35,39-40,51-52H,19-24,26-27H2,(H,45,49)(H,46,50)/t34-,35-,39+,40+/m1/s1. The lowest BCUT2D eigenvalue weighted by molar-refractivity contribution is -0.140. The van der Waals surface area contributed by atoms with Gasteiger partial charge in [0.05, 0.1) is 19.0 Å². The van der Waals surface area contributed by atoms with Gasteiger partial charge in [-0.15, -0.1) is 0 Å². The molecule has 1 aromatic heterocycles. The zero-order chi connectivity index (χ0) is 38.3. The summed E-state index contributed by atoms with van der Waals surface area (Å²) in [4.78, 5) is 58.9. The van der Waals surface area contributed by atoms with Crippen molar-refractivity contribution in [3.8, 4) is 22.8 Å². The maximum Gasteiger partial charge on any atom is 0.256 e. The van der Waals surface area contributed by atoms with Crippen LogP contribution in [-0.2, 0) is 32.0 Å². The van der Waals surface area contributed by atoms with Crippen LogP contribution in [0.1, 0.15) is 47.3 Å². The summed E-state index contributed by atoms with van der Waals surface area (Å²) in [5, 5.41) is 27.0. The van der Waals surface area contributed by atoms with E-state index in [-0.39, 0.29) is 48.6 Å². The number of nitrogens with zero attached hydrogens (tertiary/aromatic N) is 3. The predicted octanol–water partition coefficient (Wildman–Crippen LogP) is 4.00. The monoisotopic (exact) mass is 741 g/mol. The molecule has 5 aromatic rings. The van der Waals surface area contributed by atoms with Crippen molar-refractivity contribution in [3.63, 3.8) is 0 Å². The number of carbonyl (C=O) groups is 4. The Hall–Kier alpha value is -6.11. The zero-order valence-corrected chi connectivity index (χ0v) is 30.2.